The topological polar surface area (TPSA) is 108 Å². The lowest BCUT2D eigenvalue weighted by Gasteiger charge is -2.19. The molecule has 0 radical (unpaired) electrons. The van der Waals surface area contributed by atoms with Gasteiger partial charge in [0.05, 0.1) is 19.3 Å². The highest BCUT2D eigenvalue weighted by Gasteiger charge is 2.25. The van der Waals surface area contributed by atoms with Crippen molar-refractivity contribution in [3.05, 3.63) is 0 Å². The number of ether oxygens (including phenoxy) is 2. The van der Waals surface area contributed by atoms with E-state index in [1.54, 1.807) is 0 Å². The van der Waals surface area contributed by atoms with Crippen molar-refractivity contribution >= 4 is 17.8 Å². The maximum absolute atomic E-state index is 12.1. The fourth-order valence-electron chi connectivity index (χ4n) is 1.50. The zero-order valence-corrected chi connectivity index (χ0v) is 14.8. The molecule has 0 aromatic rings. The van der Waals surface area contributed by atoms with Crippen LogP contribution in [0.4, 0.5) is 0 Å². The van der Waals surface area contributed by atoms with E-state index in [0.29, 0.717) is 6.61 Å². The van der Waals surface area contributed by atoms with Crippen LogP contribution in [0.25, 0.3) is 0 Å². The van der Waals surface area contributed by atoms with Crippen LogP contribution in [0.5, 0.6) is 0 Å². The monoisotopic (exact) mass is 330 g/mol. The summed E-state index contributed by atoms with van der Waals surface area (Å²) in [7, 11) is 0. The second-order valence-electron chi connectivity index (χ2n) is 6.49. The van der Waals surface area contributed by atoms with Gasteiger partial charge in [-0.2, -0.15) is 0 Å². The molecule has 134 valence electrons. The molecule has 0 unspecified atom stereocenters. The number of amides is 1. The second kappa shape index (κ2) is 11.0. The van der Waals surface area contributed by atoms with Crippen LogP contribution in [0.3, 0.4) is 0 Å². The standard InChI is InChI=1S/C16H30N2O5/c1-10(2)8-22-14(19)7-6-13(18-15(20)12(5)17)16(21)23-9-11(3)4/h10-13H,6-9,17H2,1-5H3,(H,18,20)/t12-,13-/m0/s1. The van der Waals surface area contributed by atoms with Crippen molar-refractivity contribution in [3.8, 4) is 0 Å². The summed E-state index contributed by atoms with van der Waals surface area (Å²) < 4.78 is 10.2. The SMILES string of the molecule is CC(C)COC(=O)CC[C@H](NC(=O)[C@H](C)N)C(=O)OCC(C)C. The lowest BCUT2D eigenvalue weighted by atomic mass is 10.1. The molecule has 0 saturated heterocycles. The molecule has 0 rings (SSSR count). The summed E-state index contributed by atoms with van der Waals surface area (Å²) in [4.78, 5) is 35.4. The third kappa shape index (κ3) is 10.7. The molecule has 0 saturated carbocycles. The van der Waals surface area contributed by atoms with Crippen LogP contribution in [0, 0.1) is 11.8 Å². The van der Waals surface area contributed by atoms with Gasteiger partial charge in [-0.25, -0.2) is 4.79 Å². The summed E-state index contributed by atoms with van der Waals surface area (Å²) in [6, 6.07) is -1.65. The molecule has 2 atom stereocenters. The molecule has 1 amide bonds. The third-order valence-electron chi connectivity index (χ3n) is 2.79. The van der Waals surface area contributed by atoms with E-state index in [-0.39, 0.29) is 31.3 Å². The maximum Gasteiger partial charge on any atom is 0.328 e. The minimum Gasteiger partial charge on any atom is -0.465 e. The number of esters is 2. The van der Waals surface area contributed by atoms with Crippen molar-refractivity contribution in [2.24, 2.45) is 17.6 Å². The lowest BCUT2D eigenvalue weighted by Crippen LogP contribution is -2.48. The zero-order valence-electron chi connectivity index (χ0n) is 14.8. The van der Waals surface area contributed by atoms with Crippen LogP contribution < -0.4 is 11.1 Å². The third-order valence-corrected chi connectivity index (χ3v) is 2.79. The van der Waals surface area contributed by atoms with Gasteiger partial charge < -0.3 is 20.5 Å². The Bertz CT molecular complexity index is 394. The van der Waals surface area contributed by atoms with Gasteiger partial charge in [-0.1, -0.05) is 27.7 Å². The van der Waals surface area contributed by atoms with Gasteiger partial charge in [-0.15, -0.1) is 0 Å². The molecule has 3 N–H and O–H groups in total. The van der Waals surface area contributed by atoms with Crippen LogP contribution in [0.2, 0.25) is 0 Å². The van der Waals surface area contributed by atoms with Gasteiger partial charge in [-0.3, -0.25) is 9.59 Å². The lowest BCUT2D eigenvalue weighted by molar-refractivity contribution is -0.150. The van der Waals surface area contributed by atoms with Crippen molar-refractivity contribution < 1.29 is 23.9 Å². The van der Waals surface area contributed by atoms with Gasteiger partial charge in [0.1, 0.15) is 6.04 Å². The Hall–Kier alpha value is -1.63. The highest BCUT2D eigenvalue weighted by Crippen LogP contribution is 2.05. The Morgan fingerprint density at radius 3 is 1.96 bits per heavy atom. The minimum absolute atomic E-state index is 0.0212. The van der Waals surface area contributed by atoms with Crippen molar-refractivity contribution in [1.29, 1.82) is 0 Å². The molecule has 0 aliphatic heterocycles. The fraction of sp³-hybridized carbons (Fsp3) is 0.812. The Morgan fingerprint density at radius 1 is 0.957 bits per heavy atom. The van der Waals surface area contributed by atoms with Crippen molar-refractivity contribution in [1.82, 2.24) is 5.32 Å². The van der Waals surface area contributed by atoms with Crippen molar-refractivity contribution in [2.75, 3.05) is 13.2 Å². The van der Waals surface area contributed by atoms with E-state index >= 15 is 0 Å². The quantitative estimate of drug-likeness (QED) is 0.579. The molecule has 0 aromatic carbocycles. The molecule has 7 nitrogen and oxygen atoms in total. The summed E-state index contributed by atoms with van der Waals surface area (Å²) in [6.45, 7) is 9.78. The minimum atomic E-state index is -0.904. The number of hydrogen-bond donors (Lipinski definition) is 2. The number of carbonyl (C=O) groups excluding carboxylic acids is 3. The molecule has 0 heterocycles. The molecule has 0 aliphatic rings. The normalized spacial score (nSPS) is 13.6. The first-order chi connectivity index (χ1) is 10.6. The van der Waals surface area contributed by atoms with Crippen molar-refractivity contribution in [2.45, 2.75) is 59.5 Å². The first kappa shape index (κ1) is 21.4. The molecular formula is C16H30N2O5. The first-order valence-electron chi connectivity index (χ1n) is 8.01. The Kier molecular flexibility index (Phi) is 10.2. The molecular weight excluding hydrogens is 300 g/mol. The fourth-order valence-corrected chi connectivity index (χ4v) is 1.50. The zero-order chi connectivity index (χ0) is 18.0. The Morgan fingerprint density at radius 2 is 1.48 bits per heavy atom. The molecule has 0 fully saturated rings. The van der Waals surface area contributed by atoms with E-state index in [9.17, 15) is 14.4 Å². The van der Waals surface area contributed by atoms with Crippen LogP contribution in [-0.4, -0.2) is 43.1 Å². The molecule has 0 spiro atoms. The number of nitrogens with one attached hydrogen (secondary N) is 1. The summed E-state index contributed by atoms with van der Waals surface area (Å²) >= 11 is 0. The molecule has 0 bridgehead atoms. The van der Waals surface area contributed by atoms with Gasteiger partial charge in [0.15, 0.2) is 0 Å². The van der Waals surface area contributed by atoms with Gasteiger partial charge in [-0.05, 0) is 25.2 Å². The number of rotatable bonds is 10. The van der Waals surface area contributed by atoms with Crippen LogP contribution in [-0.2, 0) is 23.9 Å². The Balaban J connectivity index is 4.56. The van der Waals surface area contributed by atoms with E-state index in [1.165, 1.54) is 6.92 Å². The van der Waals surface area contributed by atoms with Gasteiger partial charge in [0, 0.05) is 6.42 Å². The summed E-state index contributed by atoms with van der Waals surface area (Å²) in [5.74, 6) is -1.02. The van der Waals surface area contributed by atoms with Crippen LogP contribution in [0.1, 0.15) is 47.5 Å². The van der Waals surface area contributed by atoms with Gasteiger partial charge in [0.2, 0.25) is 5.91 Å². The second-order valence-corrected chi connectivity index (χ2v) is 6.49. The average molecular weight is 330 g/mol. The largest absolute Gasteiger partial charge is 0.465 e. The van der Waals surface area contributed by atoms with E-state index < -0.39 is 29.9 Å². The maximum atomic E-state index is 12.1. The average Bonchev–Trinajstić information content (AvgIpc) is 2.46. The predicted octanol–water partition coefficient (Wildman–Crippen LogP) is 0.997. The summed E-state index contributed by atoms with van der Waals surface area (Å²) in [5, 5.41) is 2.51. The first-order valence-corrected chi connectivity index (χ1v) is 8.01. The van der Waals surface area contributed by atoms with Gasteiger partial charge in [0.25, 0.3) is 0 Å². The highest BCUT2D eigenvalue weighted by molar-refractivity contribution is 5.87. The molecule has 7 heteroatoms. The predicted molar refractivity (Wildman–Crippen MR) is 86.4 cm³/mol. The van der Waals surface area contributed by atoms with Crippen molar-refractivity contribution in [3.63, 3.8) is 0 Å². The van der Waals surface area contributed by atoms with E-state index in [2.05, 4.69) is 5.32 Å². The number of hydrogen-bond acceptors (Lipinski definition) is 6. The summed E-state index contributed by atoms with van der Waals surface area (Å²) in [5.41, 5.74) is 5.49. The summed E-state index contributed by atoms with van der Waals surface area (Å²) in [6.07, 6.45) is 0.139. The highest BCUT2D eigenvalue weighted by atomic mass is 16.5. The van der Waals surface area contributed by atoms with E-state index in [0.717, 1.165) is 0 Å². The molecule has 0 aromatic heterocycles. The van der Waals surface area contributed by atoms with Crippen LogP contribution in [0.15, 0.2) is 0 Å². The number of nitrogens with two attached hydrogens (primary N) is 1. The number of carbonyl (C=O) groups is 3. The molecule has 23 heavy (non-hydrogen) atoms. The van der Waals surface area contributed by atoms with Gasteiger partial charge >= 0.3 is 11.9 Å². The van der Waals surface area contributed by atoms with Crippen LogP contribution >= 0.6 is 0 Å². The van der Waals surface area contributed by atoms with E-state index in [1.807, 2.05) is 27.7 Å². The Labute approximate surface area is 138 Å². The molecule has 0 aliphatic carbocycles. The van der Waals surface area contributed by atoms with E-state index in [4.69, 9.17) is 15.2 Å². The smallest absolute Gasteiger partial charge is 0.328 e.